The summed E-state index contributed by atoms with van der Waals surface area (Å²) >= 11 is 0. The van der Waals surface area contributed by atoms with Crippen LogP contribution in [-0.4, -0.2) is 28.8 Å². The quantitative estimate of drug-likeness (QED) is 0.762. The monoisotopic (exact) mass is 287 g/mol. The van der Waals surface area contributed by atoms with Gasteiger partial charge in [-0.25, -0.2) is 4.79 Å². The second-order valence-corrected chi connectivity index (χ2v) is 4.95. The van der Waals surface area contributed by atoms with E-state index >= 15 is 0 Å². The molecule has 0 aliphatic heterocycles. The number of carbonyl (C=O) groups is 1. The average molecular weight is 287 g/mol. The van der Waals surface area contributed by atoms with Gasteiger partial charge in [0.2, 0.25) is 0 Å². The summed E-state index contributed by atoms with van der Waals surface area (Å²) in [6, 6.07) is 9.57. The van der Waals surface area contributed by atoms with E-state index in [2.05, 4.69) is 15.6 Å². The number of fused-ring (bicyclic) bond motifs is 1. The normalized spacial score (nSPS) is 12.1. The smallest absolute Gasteiger partial charge is 0.315 e. The minimum atomic E-state index is -0.354. The second-order valence-electron chi connectivity index (χ2n) is 4.95. The Morgan fingerprint density at radius 3 is 2.90 bits per heavy atom. The lowest BCUT2D eigenvalue weighted by atomic mass is 10.1. The molecule has 1 aromatic heterocycles. The highest BCUT2D eigenvalue weighted by atomic mass is 16.3. The summed E-state index contributed by atoms with van der Waals surface area (Å²) in [5.41, 5.74) is 1.89. The van der Waals surface area contributed by atoms with Crippen LogP contribution in [0.1, 0.15) is 25.3 Å². The first kappa shape index (κ1) is 15.3. The fourth-order valence-electron chi connectivity index (χ4n) is 2.10. The van der Waals surface area contributed by atoms with Crippen molar-refractivity contribution in [3.05, 3.63) is 42.1 Å². The summed E-state index contributed by atoms with van der Waals surface area (Å²) < 4.78 is 0. The molecule has 0 fully saturated rings. The molecule has 0 spiro atoms. The Kier molecular flexibility index (Phi) is 5.51. The van der Waals surface area contributed by atoms with Crippen molar-refractivity contribution in [2.45, 2.75) is 32.4 Å². The van der Waals surface area contributed by atoms with E-state index in [1.807, 2.05) is 37.3 Å². The van der Waals surface area contributed by atoms with Gasteiger partial charge in [0.1, 0.15) is 0 Å². The Bertz CT molecular complexity index is 596. The van der Waals surface area contributed by atoms with Gasteiger partial charge >= 0.3 is 6.03 Å². The fraction of sp³-hybridized carbons (Fsp3) is 0.375. The van der Waals surface area contributed by atoms with E-state index in [1.165, 1.54) is 0 Å². The van der Waals surface area contributed by atoms with Crippen molar-refractivity contribution in [1.82, 2.24) is 15.6 Å². The molecule has 1 aromatic carbocycles. The largest absolute Gasteiger partial charge is 0.393 e. The Hall–Kier alpha value is -2.14. The molecule has 0 aliphatic rings. The summed E-state index contributed by atoms with van der Waals surface area (Å²) in [6.45, 7) is 2.81. The van der Waals surface area contributed by atoms with Gasteiger partial charge in [-0.1, -0.05) is 31.2 Å². The predicted octanol–water partition coefficient (Wildman–Crippen LogP) is 2.19. The molecule has 3 N–H and O–H groups in total. The molecule has 0 saturated heterocycles. The van der Waals surface area contributed by atoms with Crippen LogP contribution in [0.5, 0.6) is 0 Å². The highest BCUT2D eigenvalue weighted by molar-refractivity contribution is 5.82. The summed E-state index contributed by atoms with van der Waals surface area (Å²) in [5, 5.41) is 16.0. The Morgan fingerprint density at radius 2 is 2.10 bits per heavy atom. The lowest BCUT2D eigenvalue weighted by Crippen LogP contribution is -2.36. The van der Waals surface area contributed by atoms with Crippen molar-refractivity contribution >= 4 is 16.9 Å². The molecule has 5 nitrogen and oxygen atoms in total. The summed E-state index contributed by atoms with van der Waals surface area (Å²) in [4.78, 5) is 16.0. The van der Waals surface area contributed by atoms with Gasteiger partial charge in [0.05, 0.1) is 11.6 Å². The topological polar surface area (TPSA) is 74.2 Å². The number of urea groups is 1. The number of benzene rings is 1. The van der Waals surface area contributed by atoms with E-state index in [-0.39, 0.29) is 12.1 Å². The van der Waals surface area contributed by atoms with Crippen molar-refractivity contribution in [3.8, 4) is 0 Å². The fourth-order valence-corrected chi connectivity index (χ4v) is 2.10. The number of aliphatic hydroxyl groups excluding tert-OH is 1. The van der Waals surface area contributed by atoms with E-state index in [1.54, 1.807) is 6.20 Å². The molecule has 1 atom stereocenters. The first-order chi connectivity index (χ1) is 10.2. The van der Waals surface area contributed by atoms with Crippen LogP contribution in [0.4, 0.5) is 4.79 Å². The maximum Gasteiger partial charge on any atom is 0.315 e. The highest BCUT2D eigenvalue weighted by Gasteiger charge is 2.05. The van der Waals surface area contributed by atoms with Crippen LogP contribution in [0.15, 0.2) is 36.5 Å². The molecule has 1 unspecified atom stereocenters. The van der Waals surface area contributed by atoms with Gasteiger partial charge in [0.25, 0.3) is 0 Å². The minimum absolute atomic E-state index is 0.230. The van der Waals surface area contributed by atoms with Crippen LogP contribution < -0.4 is 10.6 Å². The van der Waals surface area contributed by atoms with E-state index in [4.69, 9.17) is 0 Å². The van der Waals surface area contributed by atoms with Gasteiger partial charge in [0.15, 0.2) is 0 Å². The molecule has 2 amide bonds. The van der Waals surface area contributed by atoms with Crippen LogP contribution in [0.2, 0.25) is 0 Å². The molecular formula is C16H21N3O2. The Morgan fingerprint density at radius 1 is 1.29 bits per heavy atom. The molecule has 0 bridgehead atoms. The van der Waals surface area contributed by atoms with Crippen molar-refractivity contribution in [3.63, 3.8) is 0 Å². The number of para-hydroxylation sites is 1. The predicted molar refractivity (Wildman–Crippen MR) is 82.9 cm³/mol. The molecule has 1 heterocycles. The third-order valence-corrected chi connectivity index (χ3v) is 3.39. The molecule has 0 radical (unpaired) electrons. The highest BCUT2D eigenvalue weighted by Crippen LogP contribution is 2.15. The van der Waals surface area contributed by atoms with Crippen LogP contribution in [-0.2, 0) is 6.54 Å². The van der Waals surface area contributed by atoms with Crippen molar-refractivity contribution in [1.29, 1.82) is 0 Å². The number of amides is 2. The van der Waals surface area contributed by atoms with Gasteiger partial charge in [-0.15, -0.1) is 0 Å². The van der Waals surface area contributed by atoms with Crippen molar-refractivity contribution < 1.29 is 9.90 Å². The third-order valence-electron chi connectivity index (χ3n) is 3.39. The number of nitrogens with one attached hydrogen (secondary N) is 2. The molecule has 2 rings (SSSR count). The van der Waals surface area contributed by atoms with Crippen LogP contribution in [0.25, 0.3) is 10.9 Å². The molecule has 0 aliphatic carbocycles. The van der Waals surface area contributed by atoms with Gasteiger partial charge in [-0.2, -0.15) is 0 Å². The number of rotatable bonds is 6. The summed E-state index contributed by atoms with van der Waals surface area (Å²) in [7, 11) is 0. The third kappa shape index (κ3) is 4.43. The van der Waals surface area contributed by atoms with E-state index in [0.717, 1.165) is 16.5 Å². The Balaban J connectivity index is 1.86. The van der Waals surface area contributed by atoms with Gasteiger partial charge < -0.3 is 15.7 Å². The molecule has 2 aromatic rings. The number of hydrogen-bond acceptors (Lipinski definition) is 3. The van der Waals surface area contributed by atoms with Gasteiger partial charge in [-0.3, -0.25) is 4.98 Å². The maximum atomic E-state index is 11.7. The first-order valence-corrected chi connectivity index (χ1v) is 7.23. The van der Waals surface area contributed by atoms with Crippen LogP contribution in [0.3, 0.4) is 0 Å². The van der Waals surface area contributed by atoms with Crippen LogP contribution >= 0.6 is 0 Å². The SMILES string of the molecule is CCC(O)CCNC(=O)NCc1cccc2cccnc12. The van der Waals surface area contributed by atoms with Crippen molar-refractivity contribution in [2.75, 3.05) is 6.54 Å². The van der Waals surface area contributed by atoms with Gasteiger partial charge in [0, 0.05) is 24.7 Å². The number of pyridine rings is 1. The molecule has 112 valence electrons. The first-order valence-electron chi connectivity index (χ1n) is 7.23. The van der Waals surface area contributed by atoms with Crippen molar-refractivity contribution in [2.24, 2.45) is 0 Å². The lowest BCUT2D eigenvalue weighted by Gasteiger charge is -2.11. The number of nitrogens with zero attached hydrogens (tertiary/aromatic N) is 1. The standard InChI is InChI=1S/C16H21N3O2/c1-2-14(20)8-10-18-16(21)19-11-13-6-3-5-12-7-4-9-17-15(12)13/h3-7,9,14,20H,2,8,10-11H2,1H3,(H2,18,19,21). The average Bonchev–Trinajstić information content (AvgIpc) is 2.52. The zero-order valence-electron chi connectivity index (χ0n) is 12.2. The molecule has 5 heteroatoms. The zero-order chi connectivity index (χ0) is 15.1. The molecule has 0 saturated carbocycles. The number of carbonyl (C=O) groups excluding carboxylic acids is 1. The molecule has 21 heavy (non-hydrogen) atoms. The molecular weight excluding hydrogens is 266 g/mol. The van der Waals surface area contributed by atoms with E-state index in [0.29, 0.717) is 25.9 Å². The minimum Gasteiger partial charge on any atom is -0.393 e. The zero-order valence-corrected chi connectivity index (χ0v) is 12.2. The van der Waals surface area contributed by atoms with Crippen LogP contribution in [0, 0.1) is 0 Å². The van der Waals surface area contributed by atoms with E-state index < -0.39 is 0 Å². The number of hydrogen-bond donors (Lipinski definition) is 3. The lowest BCUT2D eigenvalue weighted by molar-refractivity contribution is 0.160. The second kappa shape index (κ2) is 7.59. The van der Waals surface area contributed by atoms with E-state index in [9.17, 15) is 9.90 Å². The maximum absolute atomic E-state index is 11.7. The summed E-state index contributed by atoms with van der Waals surface area (Å²) in [6.07, 6.45) is 2.66. The summed E-state index contributed by atoms with van der Waals surface area (Å²) in [5.74, 6) is 0. The van der Waals surface area contributed by atoms with Gasteiger partial charge in [-0.05, 0) is 24.5 Å². The Labute approximate surface area is 124 Å². The number of aromatic nitrogens is 1. The number of aliphatic hydroxyl groups is 1.